The Hall–Kier alpha value is -2.61. The van der Waals surface area contributed by atoms with Crippen LogP contribution in [0, 0.1) is 0 Å². The van der Waals surface area contributed by atoms with Gasteiger partial charge in [0, 0.05) is 25.0 Å². The molecular weight excluding hydrogens is 370 g/mol. The van der Waals surface area contributed by atoms with Crippen LogP contribution in [0.5, 0.6) is 23.0 Å². The maximum absolute atomic E-state index is 12.9. The molecule has 0 bridgehead atoms. The number of nitrogens with one attached hydrogen (secondary N) is 1. The molecule has 0 radical (unpaired) electrons. The van der Waals surface area contributed by atoms with Crippen LogP contribution in [-0.4, -0.2) is 28.4 Å². The Morgan fingerprint density at radius 2 is 1.70 bits per heavy atom. The normalized spacial score (nSPS) is 17.1. The SMILES string of the molecule is COc1ccc(OC)c(S(=O)(=O)Nc2ccc3c(c2)OC2(CCCC2)O3)c1. The van der Waals surface area contributed by atoms with Crippen LogP contribution < -0.4 is 23.7 Å². The maximum atomic E-state index is 12.9. The molecule has 0 amide bonds. The smallest absolute Gasteiger partial charge is 0.265 e. The van der Waals surface area contributed by atoms with Crippen LogP contribution in [0.3, 0.4) is 0 Å². The van der Waals surface area contributed by atoms with Crippen LogP contribution in [0.1, 0.15) is 25.7 Å². The third-order valence-electron chi connectivity index (χ3n) is 4.81. The molecule has 1 fully saturated rings. The highest BCUT2D eigenvalue weighted by Crippen LogP contribution is 2.47. The molecule has 1 N–H and O–H groups in total. The minimum atomic E-state index is -3.89. The summed E-state index contributed by atoms with van der Waals surface area (Å²) in [5.41, 5.74) is 0.386. The molecule has 1 aliphatic heterocycles. The molecule has 2 aliphatic rings. The Bertz CT molecular complexity index is 966. The summed E-state index contributed by atoms with van der Waals surface area (Å²) in [6.07, 6.45) is 3.79. The minimum Gasteiger partial charge on any atom is -0.497 e. The Balaban J connectivity index is 1.62. The van der Waals surface area contributed by atoms with Crippen LogP contribution in [-0.2, 0) is 10.0 Å². The number of anilines is 1. The number of rotatable bonds is 5. The van der Waals surface area contributed by atoms with E-state index in [2.05, 4.69) is 4.72 Å². The number of hydrogen-bond donors (Lipinski definition) is 1. The predicted octanol–water partition coefficient (Wildman–Crippen LogP) is 3.55. The summed E-state index contributed by atoms with van der Waals surface area (Å²) in [5.74, 6) is 1.25. The quantitative estimate of drug-likeness (QED) is 0.839. The van der Waals surface area contributed by atoms with E-state index in [9.17, 15) is 8.42 Å². The van der Waals surface area contributed by atoms with Gasteiger partial charge in [-0.2, -0.15) is 0 Å². The first-order valence-electron chi connectivity index (χ1n) is 8.72. The molecule has 2 aromatic carbocycles. The molecule has 1 aliphatic carbocycles. The van der Waals surface area contributed by atoms with Gasteiger partial charge in [-0.15, -0.1) is 0 Å². The largest absolute Gasteiger partial charge is 0.497 e. The number of sulfonamides is 1. The molecule has 0 atom stereocenters. The van der Waals surface area contributed by atoms with Crippen LogP contribution in [0.25, 0.3) is 0 Å². The van der Waals surface area contributed by atoms with Crippen LogP contribution in [0.15, 0.2) is 41.3 Å². The summed E-state index contributed by atoms with van der Waals surface area (Å²) in [6.45, 7) is 0. The van der Waals surface area contributed by atoms with Crippen molar-refractivity contribution in [2.45, 2.75) is 36.4 Å². The van der Waals surface area contributed by atoms with Crippen LogP contribution in [0.2, 0.25) is 0 Å². The number of fused-ring (bicyclic) bond motifs is 1. The Morgan fingerprint density at radius 1 is 0.963 bits per heavy atom. The second kappa shape index (κ2) is 6.53. The van der Waals surface area contributed by atoms with Gasteiger partial charge >= 0.3 is 0 Å². The molecule has 27 heavy (non-hydrogen) atoms. The lowest BCUT2D eigenvalue weighted by atomic mass is 10.2. The second-order valence-electron chi connectivity index (χ2n) is 6.61. The molecule has 2 aromatic rings. The van der Waals surface area contributed by atoms with Crippen molar-refractivity contribution in [1.82, 2.24) is 0 Å². The van der Waals surface area contributed by atoms with E-state index in [1.165, 1.54) is 20.3 Å². The molecular formula is C19H21NO6S. The van der Waals surface area contributed by atoms with E-state index in [0.29, 0.717) is 22.9 Å². The van der Waals surface area contributed by atoms with Gasteiger partial charge < -0.3 is 18.9 Å². The van der Waals surface area contributed by atoms with Gasteiger partial charge in [0.25, 0.3) is 15.8 Å². The Labute approximate surface area is 158 Å². The fourth-order valence-electron chi connectivity index (χ4n) is 3.48. The van der Waals surface area contributed by atoms with Crippen LogP contribution >= 0.6 is 0 Å². The van der Waals surface area contributed by atoms with Crippen molar-refractivity contribution in [2.75, 3.05) is 18.9 Å². The molecule has 8 heteroatoms. The summed E-state index contributed by atoms with van der Waals surface area (Å²) in [7, 11) is -0.991. The lowest BCUT2D eigenvalue weighted by Crippen LogP contribution is -2.34. The van der Waals surface area contributed by atoms with Gasteiger partial charge in [0.1, 0.15) is 16.4 Å². The summed E-state index contributed by atoms with van der Waals surface area (Å²) in [5, 5.41) is 0. The fourth-order valence-corrected chi connectivity index (χ4v) is 4.71. The maximum Gasteiger partial charge on any atom is 0.265 e. The number of benzene rings is 2. The predicted molar refractivity (Wildman–Crippen MR) is 99.3 cm³/mol. The number of methoxy groups -OCH3 is 2. The van der Waals surface area contributed by atoms with Gasteiger partial charge in [0.2, 0.25) is 0 Å². The summed E-state index contributed by atoms with van der Waals surface area (Å²) >= 11 is 0. The highest BCUT2D eigenvalue weighted by Gasteiger charge is 2.44. The number of hydrogen-bond acceptors (Lipinski definition) is 6. The first-order valence-corrected chi connectivity index (χ1v) is 10.2. The van der Waals surface area contributed by atoms with Gasteiger partial charge in [-0.05, 0) is 37.1 Å². The van der Waals surface area contributed by atoms with E-state index in [-0.39, 0.29) is 10.6 Å². The monoisotopic (exact) mass is 391 g/mol. The van der Waals surface area contributed by atoms with Crippen molar-refractivity contribution < 1.29 is 27.4 Å². The van der Waals surface area contributed by atoms with E-state index < -0.39 is 15.8 Å². The molecule has 0 saturated heterocycles. The molecule has 4 rings (SSSR count). The zero-order chi connectivity index (χ0) is 19.1. The zero-order valence-electron chi connectivity index (χ0n) is 15.2. The third kappa shape index (κ3) is 3.25. The third-order valence-corrected chi connectivity index (χ3v) is 6.22. The molecule has 0 aromatic heterocycles. The van der Waals surface area contributed by atoms with E-state index in [4.69, 9.17) is 18.9 Å². The summed E-state index contributed by atoms with van der Waals surface area (Å²) < 4.78 is 50.6. The number of ether oxygens (including phenoxy) is 4. The molecule has 0 unspecified atom stereocenters. The topological polar surface area (TPSA) is 83.1 Å². The van der Waals surface area contributed by atoms with E-state index >= 15 is 0 Å². The first kappa shape index (κ1) is 17.8. The summed E-state index contributed by atoms with van der Waals surface area (Å²) in [4.78, 5) is -0.00530. The van der Waals surface area contributed by atoms with Crippen molar-refractivity contribution in [3.63, 3.8) is 0 Å². The van der Waals surface area contributed by atoms with Crippen molar-refractivity contribution in [2.24, 2.45) is 0 Å². The summed E-state index contributed by atoms with van der Waals surface area (Å²) in [6, 6.07) is 9.63. The average molecular weight is 391 g/mol. The van der Waals surface area contributed by atoms with Crippen molar-refractivity contribution in [1.29, 1.82) is 0 Å². The van der Waals surface area contributed by atoms with E-state index in [1.54, 1.807) is 30.3 Å². The molecule has 1 spiro atoms. The Morgan fingerprint density at radius 3 is 2.41 bits per heavy atom. The van der Waals surface area contributed by atoms with Crippen molar-refractivity contribution >= 4 is 15.7 Å². The Kier molecular flexibility index (Phi) is 4.30. The molecule has 1 heterocycles. The fraction of sp³-hybridized carbons (Fsp3) is 0.368. The van der Waals surface area contributed by atoms with Gasteiger partial charge in [-0.1, -0.05) is 0 Å². The minimum absolute atomic E-state index is 0.00530. The standard InChI is InChI=1S/C19H21NO6S/c1-23-14-6-8-16(24-2)18(12-14)27(21,22)20-13-5-7-15-17(11-13)26-19(25-15)9-3-4-10-19/h5-8,11-12,20H,3-4,9-10H2,1-2H3. The van der Waals surface area contributed by atoms with Crippen molar-refractivity contribution in [3.8, 4) is 23.0 Å². The van der Waals surface area contributed by atoms with Crippen LogP contribution in [0.4, 0.5) is 5.69 Å². The molecule has 7 nitrogen and oxygen atoms in total. The van der Waals surface area contributed by atoms with E-state index in [0.717, 1.165) is 25.7 Å². The van der Waals surface area contributed by atoms with Gasteiger partial charge in [0.05, 0.1) is 19.9 Å². The molecule has 144 valence electrons. The second-order valence-corrected chi connectivity index (χ2v) is 8.26. The van der Waals surface area contributed by atoms with E-state index in [1.807, 2.05) is 0 Å². The zero-order valence-corrected chi connectivity index (χ0v) is 16.0. The van der Waals surface area contributed by atoms with Gasteiger partial charge in [0.15, 0.2) is 11.5 Å². The lowest BCUT2D eigenvalue weighted by Gasteiger charge is -2.21. The van der Waals surface area contributed by atoms with Gasteiger partial charge in [-0.3, -0.25) is 4.72 Å². The highest BCUT2D eigenvalue weighted by molar-refractivity contribution is 7.92. The van der Waals surface area contributed by atoms with Gasteiger partial charge in [-0.25, -0.2) is 8.42 Å². The average Bonchev–Trinajstić information content (AvgIpc) is 3.26. The highest BCUT2D eigenvalue weighted by atomic mass is 32.2. The molecule has 1 saturated carbocycles. The lowest BCUT2D eigenvalue weighted by molar-refractivity contribution is -0.0716. The van der Waals surface area contributed by atoms with Crippen molar-refractivity contribution in [3.05, 3.63) is 36.4 Å². The first-order chi connectivity index (χ1) is 12.9.